The van der Waals surface area contributed by atoms with Gasteiger partial charge >= 0.3 is 0 Å². The molecule has 0 saturated carbocycles. The van der Waals surface area contributed by atoms with Gasteiger partial charge in [0.15, 0.2) is 5.96 Å². The topological polar surface area (TPSA) is 73.0 Å². The van der Waals surface area contributed by atoms with Gasteiger partial charge in [-0.1, -0.05) is 0 Å². The summed E-state index contributed by atoms with van der Waals surface area (Å²) in [7, 11) is 0. The van der Waals surface area contributed by atoms with E-state index in [0.29, 0.717) is 43.6 Å². The average Bonchev–Trinajstić information content (AvgIpc) is 2.52. The van der Waals surface area contributed by atoms with Crippen molar-refractivity contribution in [2.75, 3.05) is 32.9 Å². The quantitative estimate of drug-likeness (QED) is 0.437. The van der Waals surface area contributed by atoms with Crippen molar-refractivity contribution in [3.05, 3.63) is 24.0 Å². The predicted octanol–water partition coefficient (Wildman–Crippen LogP) is 1.49. The van der Waals surface area contributed by atoms with Gasteiger partial charge in [0.1, 0.15) is 12.4 Å². The number of ether oxygens (including phenoxy) is 2. The van der Waals surface area contributed by atoms with E-state index in [1.165, 1.54) is 6.20 Å². The number of nitrogens with two attached hydrogens (primary N) is 1. The van der Waals surface area contributed by atoms with Crippen molar-refractivity contribution in [3.8, 4) is 5.75 Å². The summed E-state index contributed by atoms with van der Waals surface area (Å²) in [5.74, 6) is 0.714. The Hall–Kier alpha value is -1.23. The molecule has 9 heteroatoms. The fourth-order valence-electron chi connectivity index (χ4n) is 1.88. The molecule has 0 radical (unpaired) electrons. The van der Waals surface area contributed by atoms with Crippen LogP contribution in [0.5, 0.6) is 5.75 Å². The van der Waals surface area contributed by atoms with Crippen LogP contribution in [0.1, 0.15) is 5.56 Å². The van der Waals surface area contributed by atoms with Crippen molar-refractivity contribution < 1.29 is 18.3 Å². The van der Waals surface area contributed by atoms with Gasteiger partial charge in [-0.2, -0.15) is 0 Å². The summed E-state index contributed by atoms with van der Waals surface area (Å²) in [4.78, 5) is 10.1. The summed E-state index contributed by atoms with van der Waals surface area (Å²) in [6.07, 6.45) is 0.434. The van der Waals surface area contributed by atoms with Gasteiger partial charge in [-0.3, -0.25) is 4.98 Å². The van der Waals surface area contributed by atoms with Gasteiger partial charge in [-0.15, -0.1) is 24.0 Å². The van der Waals surface area contributed by atoms with Crippen molar-refractivity contribution in [3.63, 3.8) is 0 Å². The molecule has 2 rings (SSSR count). The van der Waals surface area contributed by atoms with E-state index in [0.717, 1.165) is 0 Å². The van der Waals surface area contributed by atoms with Crippen LogP contribution in [0, 0.1) is 0 Å². The molecular weight excluding hydrogens is 409 g/mol. The van der Waals surface area contributed by atoms with Crippen LogP contribution in [0.3, 0.4) is 0 Å². The maximum absolute atomic E-state index is 12.2. The molecule has 0 aromatic carbocycles. The average molecular weight is 428 g/mol. The Morgan fingerprint density at radius 1 is 1.45 bits per heavy atom. The summed E-state index contributed by atoms with van der Waals surface area (Å²) in [6, 6.07) is 1.68. The van der Waals surface area contributed by atoms with Crippen LogP contribution in [0.25, 0.3) is 0 Å². The first-order valence-corrected chi connectivity index (χ1v) is 6.63. The highest BCUT2D eigenvalue weighted by molar-refractivity contribution is 14.0. The second-order valence-corrected chi connectivity index (χ2v) is 4.46. The Bertz CT molecular complexity index is 485. The predicted molar refractivity (Wildman–Crippen MR) is 88.9 cm³/mol. The Kier molecular flexibility index (Phi) is 8.31. The minimum absolute atomic E-state index is 0. The lowest BCUT2D eigenvalue weighted by Crippen LogP contribution is -2.44. The Morgan fingerprint density at radius 3 is 2.86 bits per heavy atom. The second kappa shape index (κ2) is 9.72. The number of aromatic nitrogens is 1. The lowest BCUT2D eigenvalue weighted by atomic mass is 10.2. The Labute approximate surface area is 144 Å². The Morgan fingerprint density at radius 2 is 2.18 bits per heavy atom. The number of halogens is 3. The van der Waals surface area contributed by atoms with Crippen molar-refractivity contribution in [1.82, 2.24) is 9.88 Å². The molecule has 0 bridgehead atoms. The van der Waals surface area contributed by atoms with Gasteiger partial charge in [0.2, 0.25) is 0 Å². The molecule has 1 aliphatic heterocycles. The first kappa shape index (κ1) is 18.8. The number of alkyl halides is 2. The van der Waals surface area contributed by atoms with E-state index in [1.807, 2.05) is 4.90 Å². The van der Waals surface area contributed by atoms with Crippen LogP contribution in [0.15, 0.2) is 23.5 Å². The smallest absolute Gasteiger partial charge is 0.272 e. The van der Waals surface area contributed by atoms with Crippen LogP contribution in [-0.4, -0.2) is 55.2 Å². The zero-order valence-corrected chi connectivity index (χ0v) is 14.3. The van der Waals surface area contributed by atoms with Gasteiger partial charge in [-0.05, 0) is 6.07 Å². The van der Waals surface area contributed by atoms with Crippen molar-refractivity contribution >= 4 is 29.9 Å². The van der Waals surface area contributed by atoms with E-state index in [1.54, 1.807) is 12.3 Å². The number of hydrogen-bond acceptors (Lipinski definition) is 4. The van der Waals surface area contributed by atoms with E-state index in [4.69, 9.17) is 15.2 Å². The van der Waals surface area contributed by atoms with Gasteiger partial charge in [-0.25, -0.2) is 13.8 Å². The maximum Gasteiger partial charge on any atom is 0.272 e. The number of morpholine rings is 1. The molecule has 2 N–H and O–H groups in total. The monoisotopic (exact) mass is 428 g/mol. The normalized spacial score (nSPS) is 15.6. The second-order valence-electron chi connectivity index (χ2n) is 4.46. The summed E-state index contributed by atoms with van der Waals surface area (Å²) in [5, 5.41) is 0. The third-order valence-corrected chi connectivity index (χ3v) is 2.98. The standard InChI is InChI=1S/C13H18F2N4O2.HI/c14-12(15)9-21-11-8-17-2-1-10(11)7-18-13(16)19-3-5-20-6-4-19;/h1-2,8,12H,3-7,9H2,(H2,16,18);1H. The molecule has 1 aromatic rings. The third-order valence-electron chi connectivity index (χ3n) is 2.98. The van der Waals surface area contributed by atoms with Gasteiger partial charge in [0.05, 0.1) is 26.0 Å². The molecule has 22 heavy (non-hydrogen) atoms. The van der Waals surface area contributed by atoms with Crippen molar-refractivity contribution in [2.45, 2.75) is 13.0 Å². The molecule has 6 nitrogen and oxygen atoms in total. The third kappa shape index (κ3) is 5.87. The highest BCUT2D eigenvalue weighted by Gasteiger charge is 2.13. The fraction of sp³-hybridized carbons (Fsp3) is 0.538. The van der Waals surface area contributed by atoms with Gasteiger partial charge < -0.3 is 20.1 Å². The molecule has 1 aliphatic rings. The van der Waals surface area contributed by atoms with Gasteiger partial charge in [0.25, 0.3) is 6.43 Å². The first-order chi connectivity index (χ1) is 10.2. The van der Waals surface area contributed by atoms with Crippen LogP contribution in [0.2, 0.25) is 0 Å². The van der Waals surface area contributed by atoms with E-state index in [2.05, 4.69) is 9.98 Å². The van der Waals surface area contributed by atoms with Crippen LogP contribution < -0.4 is 10.5 Å². The molecule has 0 spiro atoms. The van der Waals surface area contributed by atoms with Crippen LogP contribution in [-0.2, 0) is 11.3 Å². The molecule has 0 amide bonds. The minimum Gasteiger partial charge on any atom is -0.486 e. The number of hydrogen-bond donors (Lipinski definition) is 1. The molecule has 2 heterocycles. The highest BCUT2D eigenvalue weighted by atomic mass is 127. The molecule has 0 unspecified atom stereocenters. The SMILES string of the molecule is I.NC(=NCc1ccncc1OCC(F)F)N1CCOCC1. The number of rotatable bonds is 5. The van der Waals surface area contributed by atoms with Crippen molar-refractivity contribution in [2.24, 2.45) is 10.7 Å². The zero-order valence-electron chi connectivity index (χ0n) is 12.0. The largest absolute Gasteiger partial charge is 0.486 e. The van der Waals surface area contributed by atoms with E-state index in [-0.39, 0.29) is 30.5 Å². The number of aliphatic imine (C=N–C) groups is 1. The summed E-state index contributed by atoms with van der Waals surface area (Å²) in [5.41, 5.74) is 6.58. The minimum atomic E-state index is -2.53. The van der Waals surface area contributed by atoms with E-state index >= 15 is 0 Å². The lowest BCUT2D eigenvalue weighted by molar-refractivity contribution is 0.0674. The molecule has 1 fully saturated rings. The van der Waals surface area contributed by atoms with Crippen LogP contribution >= 0.6 is 24.0 Å². The van der Waals surface area contributed by atoms with Gasteiger partial charge in [0, 0.05) is 24.8 Å². The Balaban J connectivity index is 0.00000242. The molecule has 124 valence electrons. The lowest BCUT2D eigenvalue weighted by Gasteiger charge is -2.27. The molecule has 0 atom stereocenters. The number of guanidine groups is 1. The van der Waals surface area contributed by atoms with E-state index in [9.17, 15) is 8.78 Å². The highest BCUT2D eigenvalue weighted by Crippen LogP contribution is 2.18. The molecule has 0 aliphatic carbocycles. The number of pyridine rings is 1. The summed E-state index contributed by atoms with van der Waals surface area (Å²) < 4.78 is 34.6. The van der Waals surface area contributed by atoms with Crippen molar-refractivity contribution in [1.29, 1.82) is 0 Å². The molecular formula is C13H19F2IN4O2. The zero-order chi connectivity index (χ0) is 15.1. The first-order valence-electron chi connectivity index (χ1n) is 6.63. The molecule has 1 saturated heterocycles. The fourth-order valence-corrected chi connectivity index (χ4v) is 1.88. The molecule has 1 aromatic heterocycles. The number of nitrogens with zero attached hydrogens (tertiary/aromatic N) is 3. The van der Waals surface area contributed by atoms with Crippen LogP contribution in [0.4, 0.5) is 8.78 Å². The van der Waals surface area contributed by atoms with E-state index < -0.39 is 13.0 Å². The summed E-state index contributed by atoms with van der Waals surface area (Å²) in [6.45, 7) is 2.22. The maximum atomic E-state index is 12.2. The summed E-state index contributed by atoms with van der Waals surface area (Å²) >= 11 is 0.